The Hall–Kier alpha value is -2.99. The first-order chi connectivity index (χ1) is 11.5. The SMILES string of the molecule is CC(=O)N(O)C1(c2ccccc2)C(=O)N(c2ccccc2)N=C1C. The molecule has 24 heavy (non-hydrogen) atoms. The Morgan fingerprint density at radius 1 is 1.08 bits per heavy atom. The van der Waals surface area contributed by atoms with Gasteiger partial charge in [-0.15, -0.1) is 0 Å². The van der Waals surface area contributed by atoms with Crippen LogP contribution in [0.25, 0.3) is 0 Å². The molecule has 6 nitrogen and oxygen atoms in total. The highest BCUT2D eigenvalue weighted by Gasteiger charge is 2.56. The minimum absolute atomic E-state index is 0.320. The van der Waals surface area contributed by atoms with E-state index in [2.05, 4.69) is 5.10 Å². The standard InChI is InChI=1S/C18H17N3O3/c1-13-18(21(24)14(2)22,15-9-5-3-6-10-15)17(23)20(19-13)16-11-7-4-8-12-16/h3-12,24H,1-2H3. The van der Waals surface area contributed by atoms with Gasteiger partial charge in [0.05, 0.1) is 11.4 Å². The van der Waals surface area contributed by atoms with E-state index in [1.165, 1.54) is 11.9 Å². The molecule has 1 N–H and O–H groups in total. The van der Waals surface area contributed by atoms with Crippen molar-refractivity contribution in [3.05, 3.63) is 66.2 Å². The first-order valence-electron chi connectivity index (χ1n) is 7.50. The van der Waals surface area contributed by atoms with E-state index in [0.29, 0.717) is 22.0 Å². The minimum Gasteiger partial charge on any atom is -0.284 e. The molecule has 0 radical (unpaired) electrons. The number of hydrogen-bond donors (Lipinski definition) is 1. The topological polar surface area (TPSA) is 73.2 Å². The molecule has 1 heterocycles. The van der Waals surface area contributed by atoms with Gasteiger partial charge in [0.25, 0.3) is 5.91 Å². The minimum atomic E-state index is -1.66. The predicted octanol–water partition coefficient (Wildman–Crippen LogP) is 2.54. The van der Waals surface area contributed by atoms with Gasteiger partial charge in [-0.1, -0.05) is 48.5 Å². The molecule has 0 bridgehead atoms. The number of hydrogen-bond acceptors (Lipinski definition) is 4. The van der Waals surface area contributed by atoms with E-state index in [-0.39, 0.29) is 0 Å². The van der Waals surface area contributed by atoms with Gasteiger partial charge in [-0.3, -0.25) is 14.8 Å². The van der Waals surface area contributed by atoms with Gasteiger partial charge in [-0.25, -0.2) is 0 Å². The summed E-state index contributed by atoms with van der Waals surface area (Å²) < 4.78 is 0. The van der Waals surface area contributed by atoms with Crippen molar-refractivity contribution in [1.29, 1.82) is 0 Å². The van der Waals surface area contributed by atoms with E-state index < -0.39 is 17.4 Å². The lowest BCUT2D eigenvalue weighted by molar-refractivity contribution is -0.185. The third-order valence-corrected chi connectivity index (χ3v) is 4.08. The van der Waals surface area contributed by atoms with Gasteiger partial charge in [0.2, 0.25) is 11.4 Å². The van der Waals surface area contributed by atoms with E-state index in [1.54, 1.807) is 61.5 Å². The average Bonchev–Trinajstić information content (AvgIpc) is 2.87. The van der Waals surface area contributed by atoms with Crippen LogP contribution in [0.5, 0.6) is 0 Å². The molecule has 2 aromatic rings. The highest BCUT2D eigenvalue weighted by atomic mass is 16.5. The molecule has 3 rings (SSSR count). The molecule has 1 unspecified atom stereocenters. The van der Waals surface area contributed by atoms with E-state index in [1.807, 2.05) is 6.07 Å². The first kappa shape index (κ1) is 15.9. The van der Waals surface area contributed by atoms with E-state index in [9.17, 15) is 14.8 Å². The second-order valence-electron chi connectivity index (χ2n) is 5.55. The third-order valence-electron chi connectivity index (χ3n) is 4.08. The highest BCUT2D eigenvalue weighted by Crippen LogP contribution is 2.38. The molecule has 2 amide bonds. The lowest BCUT2D eigenvalue weighted by Crippen LogP contribution is -2.56. The molecule has 2 aromatic carbocycles. The number of carbonyl (C=O) groups is 2. The fraction of sp³-hybridized carbons (Fsp3) is 0.167. The first-order valence-corrected chi connectivity index (χ1v) is 7.50. The number of hydroxylamine groups is 2. The molecule has 0 spiro atoms. The van der Waals surface area contributed by atoms with Crippen molar-refractivity contribution in [2.75, 3.05) is 5.01 Å². The van der Waals surface area contributed by atoms with Crippen molar-refractivity contribution < 1.29 is 14.8 Å². The molecule has 0 saturated heterocycles. The van der Waals surface area contributed by atoms with Gasteiger partial charge in [0.15, 0.2) is 0 Å². The van der Waals surface area contributed by atoms with E-state index >= 15 is 0 Å². The summed E-state index contributed by atoms with van der Waals surface area (Å²) in [4.78, 5) is 25.1. The van der Waals surface area contributed by atoms with Crippen LogP contribution in [0.2, 0.25) is 0 Å². The van der Waals surface area contributed by atoms with Crippen LogP contribution in [0.1, 0.15) is 19.4 Å². The number of nitrogens with zero attached hydrogens (tertiary/aromatic N) is 3. The molecule has 0 fully saturated rings. The fourth-order valence-electron chi connectivity index (χ4n) is 2.93. The van der Waals surface area contributed by atoms with Crippen molar-refractivity contribution in [2.45, 2.75) is 19.4 Å². The molecular formula is C18H17N3O3. The maximum Gasteiger partial charge on any atom is 0.286 e. The van der Waals surface area contributed by atoms with E-state index in [0.717, 1.165) is 0 Å². The zero-order chi connectivity index (χ0) is 17.3. The van der Waals surface area contributed by atoms with Crippen LogP contribution >= 0.6 is 0 Å². The molecule has 122 valence electrons. The summed E-state index contributed by atoms with van der Waals surface area (Å²) in [5.41, 5.74) is -0.299. The highest BCUT2D eigenvalue weighted by molar-refractivity contribution is 6.23. The molecule has 1 aliphatic rings. The molecule has 1 aliphatic heterocycles. The Morgan fingerprint density at radius 3 is 2.17 bits per heavy atom. The summed E-state index contributed by atoms with van der Waals surface area (Å²) in [6.07, 6.45) is 0. The maximum atomic E-state index is 13.2. The zero-order valence-electron chi connectivity index (χ0n) is 13.4. The Bertz CT molecular complexity index is 805. The molecule has 6 heteroatoms. The second kappa shape index (κ2) is 5.90. The zero-order valence-corrected chi connectivity index (χ0v) is 13.4. The van der Waals surface area contributed by atoms with Crippen molar-refractivity contribution in [3.8, 4) is 0 Å². The Kier molecular flexibility index (Phi) is 3.91. The largest absolute Gasteiger partial charge is 0.286 e. The molecular weight excluding hydrogens is 306 g/mol. The monoisotopic (exact) mass is 323 g/mol. The lowest BCUT2D eigenvalue weighted by Gasteiger charge is -2.34. The second-order valence-corrected chi connectivity index (χ2v) is 5.55. The Labute approximate surface area is 139 Å². The van der Waals surface area contributed by atoms with Crippen LogP contribution in [0, 0.1) is 0 Å². The smallest absolute Gasteiger partial charge is 0.284 e. The number of para-hydroxylation sites is 1. The van der Waals surface area contributed by atoms with Crippen molar-refractivity contribution in [3.63, 3.8) is 0 Å². The molecule has 0 aromatic heterocycles. The van der Waals surface area contributed by atoms with Crippen LogP contribution < -0.4 is 5.01 Å². The van der Waals surface area contributed by atoms with Crippen LogP contribution in [-0.2, 0) is 15.1 Å². The van der Waals surface area contributed by atoms with Crippen molar-refractivity contribution in [2.24, 2.45) is 5.10 Å². The summed E-state index contributed by atoms with van der Waals surface area (Å²) in [6, 6.07) is 17.6. The average molecular weight is 323 g/mol. The summed E-state index contributed by atoms with van der Waals surface area (Å²) in [5, 5.41) is 16.5. The van der Waals surface area contributed by atoms with Crippen molar-refractivity contribution in [1.82, 2.24) is 5.06 Å². The van der Waals surface area contributed by atoms with Crippen LogP contribution in [0.15, 0.2) is 65.8 Å². The van der Waals surface area contributed by atoms with E-state index in [4.69, 9.17) is 0 Å². The van der Waals surface area contributed by atoms with Crippen molar-refractivity contribution >= 4 is 23.2 Å². The summed E-state index contributed by atoms with van der Waals surface area (Å²) >= 11 is 0. The van der Waals surface area contributed by atoms with Crippen LogP contribution in [-0.4, -0.2) is 27.8 Å². The number of anilines is 1. The predicted molar refractivity (Wildman–Crippen MR) is 89.5 cm³/mol. The van der Waals surface area contributed by atoms with Gasteiger partial charge < -0.3 is 0 Å². The fourth-order valence-corrected chi connectivity index (χ4v) is 2.93. The van der Waals surface area contributed by atoms with Gasteiger partial charge in [-0.05, 0) is 24.6 Å². The number of carbonyl (C=O) groups excluding carboxylic acids is 2. The lowest BCUT2D eigenvalue weighted by atomic mass is 9.84. The van der Waals surface area contributed by atoms with Gasteiger partial charge in [0.1, 0.15) is 0 Å². The molecule has 0 saturated carbocycles. The molecule has 1 atom stereocenters. The normalized spacial score (nSPS) is 20.0. The quantitative estimate of drug-likeness (QED) is 0.697. The molecule has 0 aliphatic carbocycles. The van der Waals surface area contributed by atoms with Crippen LogP contribution in [0.4, 0.5) is 5.69 Å². The number of rotatable bonds is 3. The van der Waals surface area contributed by atoms with Gasteiger partial charge in [0, 0.05) is 6.92 Å². The third kappa shape index (κ3) is 2.19. The summed E-state index contributed by atoms with van der Waals surface area (Å²) in [6.45, 7) is 2.83. The Balaban J connectivity index is 2.19. The van der Waals surface area contributed by atoms with Gasteiger partial charge in [-0.2, -0.15) is 15.2 Å². The Morgan fingerprint density at radius 2 is 1.62 bits per heavy atom. The summed E-state index contributed by atoms with van der Waals surface area (Å²) in [7, 11) is 0. The number of benzene rings is 2. The number of amides is 2. The van der Waals surface area contributed by atoms with Gasteiger partial charge >= 0.3 is 0 Å². The van der Waals surface area contributed by atoms with Crippen LogP contribution in [0.3, 0.4) is 0 Å². The number of hydrazone groups is 1. The summed E-state index contributed by atoms with van der Waals surface area (Å²) in [5.74, 6) is -1.15. The maximum absolute atomic E-state index is 13.2.